The highest BCUT2D eigenvalue weighted by Gasteiger charge is 2.24. The van der Waals surface area contributed by atoms with Crippen LogP contribution in [-0.2, 0) is 4.79 Å². The summed E-state index contributed by atoms with van der Waals surface area (Å²) >= 11 is 5.31. The molecule has 0 aliphatic carbocycles. The minimum Gasteiger partial charge on any atom is -0.322 e. The molecule has 0 aromatic heterocycles. The highest BCUT2D eigenvalue weighted by Crippen LogP contribution is 2.40. The maximum atomic E-state index is 11.7. The van der Waals surface area contributed by atoms with Crippen LogP contribution >= 0.6 is 27.7 Å². The average Bonchev–Trinajstić information content (AvgIpc) is 2.26. The molecule has 0 unspecified atom stereocenters. The smallest absolute Gasteiger partial charge is 0.240 e. The van der Waals surface area contributed by atoms with Gasteiger partial charge in [0.25, 0.3) is 0 Å². The van der Waals surface area contributed by atoms with Gasteiger partial charge in [-0.15, -0.1) is 11.8 Å². The number of carbonyl (C=O) groups is 1. The monoisotopic (exact) mass is 300 g/mol. The lowest BCUT2D eigenvalue weighted by molar-refractivity contribution is -0.117. The maximum Gasteiger partial charge on any atom is 0.240 e. The summed E-state index contributed by atoms with van der Waals surface area (Å²) in [5.41, 5.74) is 7.59. The molecule has 1 aromatic carbocycles. The quantitative estimate of drug-likeness (QED) is 0.864. The molecule has 16 heavy (non-hydrogen) atoms. The first kappa shape index (κ1) is 12.0. The minimum atomic E-state index is -0.0221. The number of carbonyl (C=O) groups excluding carboxylic acids is 1. The molecule has 86 valence electrons. The number of rotatable bonds is 1. The fraction of sp³-hybridized carbons (Fsp3) is 0.364. The van der Waals surface area contributed by atoms with Gasteiger partial charge in [0.1, 0.15) is 0 Å². The molecule has 2 rings (SSSR count). The number of fused-ring (bicyclic) bond motifs is 1. The number of anilines is 1. The Morgan fingerprint density at radius 3 is 3.06 bits per heavy atom. The second-order valence-electron chi connectivity index (χ2n) is 3.69. The molecule has 1 aromatic rings. The van der Waals surface area contributed by atoms with Gasteiger partial charge in [0, 0.05) is 21.7 Å². The zero-order valence-electron chi connectivity index (χ0n) is 9.00. The SMILES string of the molecule is Cc1cc(Br)c2c(c1)SCCN2C(=O)CN. The minimum absolute atomic E-state index is 0.0221. The van der Waals surface area contributed by atoms with Crippen molar-refractivity contribution in [1.82, 2.24) is 0 Å². The first-order chi connectivity index (χ1) is 7.63. The topological polar surface area (TPSA) is 46.3 Å². The molecule has 3 nitrogen and oxygen atoms in total. The molecule has 0 radical (unpaired) electrons. The number of hydrogen-bond acceptors (Lipinski definition) is 3. The van der Waals surface area contributed by atoms with E-state index in [1.54, 1.807) is 16.7 Å². The highest BCUT2D eigenvalue weighted by molar-refractivity contribution is 9.10. The van der Waals surface area contributed by atoms with E-state index in [1.807, 2.05) is 6.07 Å². The fourth-order valence-corrected chi connectivity index (χ4v) is 3.83. The lowest BCUT2D eigenvalue weighted by atomic mass is 10.2. The van der Waals surface area contributed by atoms with Crippen LogP contribution in [-0.4, -0.2) is 24.7 Å². The Balaban J connectivity index is 2.49. The molecule has 5 heteroatoms. The highest BCUT2D eigenvalue weighted by atomic mass is 79.9. The standard InChI is InChI=1S/C11H13BrN2OS/c1-7-4-8(12)11-9(5-7)16-3-2-14(11)10(15)6-13/h4-5H,2-3,6,13H2,1H3. The second kappa shape index (κ2) is 4.77. The molecule has 0 saturated heterocycles. The number of hydrogen-bond donors (Lipinski definition) is 1. The second-order valence-corrected chi connectivity index (χ2v) is 5.68. The molecule has 2 N–H and O–H groups in total. The Kier molecular flexibility index (Phi) is 3.56. The molecular formula is C11H13BrN2OS. The van der Waals surface area contributed by atoms with Crippen LogP contribution in [0.15, 0.2) is 21.5 Å². The van der Waals surface area contributed by atoms with Crippen molar-refractivity contribution in [3.05, 3.63) is 22.2 Å². The Hall–Kier alpha value is -0.520. The third kappa shape index (κ3) is 2.12. The number of thioether (sulfide) groups is 1. The van der Waals surface area contributed by atoms with Crippen LogP contribution in [0.25, 0.3) is 0 Å². The van der Waals surface area contributed by atoms with Gasteiger partial charge in [0.2, 0.25) is 5.91 Å². The van der Waals surface area contributed by atoms with E-state index in [0.29, 0.717) is 0 Å². The van der Waals surface area contributed by atoms with E-state index >= 15 is 0 Å². The first-order valence-electron chi connectivity index (χ1n) is 5.07. The third-order valence-corrected chi connectivity index (χ3v) is 4.10. The van der Waals surface area contributed by atoms with Gasteiger partial charge in [-0.2, -0.15) is 0 Å². The summed E-state index contributed by atoms with van der Waals surface area (Å²) in [4.78, 5) is 14.7. The van der Waals surface area contributed by atoms with Gasteiger partial charge < -0.3 is 10.6 Å². The van der Waals surface area contributed by atoms with Gasteiger partial charge in [0.15, 0.2) is 0 Å². The van der Waals surface area contributed by atoms with E-state index in [-0.39, 0.29) is 12.5 Å². The number of benzene rings is 1. The van der Waals surface area contributed by atoms with E-state index < -0.39 is 0 Å². The molecule has 0 spiro atoms. The number of halogens is 1. The molecule has 1 amide bonds. The third-order valence-electron chi connectivity index (χ3n) is 2.49. The van der Waals surface area contributed by atoms with Crippen LogP contribution in [0, 0.1) is 6.92 Å². The van der Waals surface area contributed by atoms with Crippen molar-refractivity contribution in [2.24, 2.45) is 5.73 Å². The largest absolute Gasteiger partial charge is 0.322 e. The summed E-state index contributed by atoms with van der Waals surface area (Å²) in [6.07, 6.45) is 0. The van der Waals surface area contributed by atoms with E-state index in [2.05, 4.69) is 28.9 Å². The molecule has 0 atom stereocenters. The van der Waals surface area contributed by atoms with Crippen molar-refractivity contribution in [2.45, 2.75) is 11.8 Å². The van der Waals surface area contributed by atoms with Gasteiger partial charge in [-0.05, 0) is 40.5 Å². The summed E-state index contributed by atoms with van der Waals surface area (Å²) in [6.45, 7) is 2.84. The Bertz CT molecular complexity index is 436. The van der Waals surface area contributed by atoms with Crippen LogP contribution in [0.3, 0.4) is 0 Å². The Morgan fingerprint density at radius 2 is 2.38 bits per heavy atom. The number of amides is 1. The fourth-order valence-electron chi connectivity index (χ4n) is 1.79. The van der Waals surface area contributed by atoms with Crippen LogP contribution in [0.5, 0.6) is 0 Å². The molecule has 1 aliphatic rings. The van der Waals surface area contributed by atoms with Gasteiger partial charge in [0.05, 0.1) is 12.2 Å². The van der Waals surface area contributed by atoms with Crippen molar-refractivity contribution in [3.8, 4) is 0 Å². The van der Waals surface area contributed by atoms with Crippen LogP contribution < -0.4 is 10.6 Å². The van der Waals surface area contributed by atoms with E-state index in [0.717, 1.165) is 27.4 Å². The lowest BCUT2D eigenvalue weighted by Crippen LogP contribution is -2.39. The summed E-state index contributed by atoms with van der Waals surface area (Å²) in [5, 5.41) is 0. The van der Waals surface area contributed by atoms with Crippen molar-refractivity contribution >= 4 is 39.3 Å². The first-order valence-corrected chi connectivity index (χ1v) is 6.84. The summed E-state index contributed by atoms with van der Waals surface area (Å²) in [5.74, 6) is 0.903. The zero-order valence-corrected chi connectivity index (χ0v) is 11.4. The van der Waals surface area contributed by atoms with Crippen molar-refractivity contribution in [3.63, 3.8) is 0 Å². The normalized spacial score (nSPS) is 14.8. The lowest BCUT2D eigenvalue weighted by Gasteiger charge is -2.30. The predicted octanol–water partition coefficient (Wildman–Crippen LogP) is 2.15. The molecule has 0 saturated carbocycles. The van der Waals surface area contributed by atoms with Crippen LogP contribution in [0.4, 0.5) is 5.69 Å². The molecule has 0 bridgehead atoms. The molecular weight excluding hydrogens is 288 g/mol. The number of nitrogens with zero attached hydrogens (tertiary/aromatic N) is 1. The molecule has 1 heterocycles. The maximum absolute atomic E-state index is 11.7. The van der Waals surface area contributed by atoms with E-state index in [9.17, 15) is 4.79 Å². The van der Waals surface area contributed by atoms with Crippen LogP contribution in [0.2, 0.25) is 0 Å². The van der Waals surface area contributed by atoms with Crippen molar-refractivity contribution < 1.29 is 4.79 Å². The summed E-state index contributed by atoms with van der Waals surface area (Å²) in [6, 6.07) is 4.14. The van der Waals surface area contributed by atoms with Gasteiger partial charge in [-0.25, -0.2) is 0 Å². The number of aryl methyl sites for hydroxylation is 1. The predicted molar refractivity (Wildman–Crippen MR) is 71.0 cm³/mol. The summed E-state index contributed by atoms with van der Waals surface area (Å²) < 4.78 is 0.969. The average molecular weight is 301 g/mol. The van der Waals surface area contributed by atoms with Gasteiger partial charge in [-0.3, -0.25) is 4.79 Å². The van der Waals surface area contributed by atoms with Gasteiger partial charge >= 0.3 is 0 Å². The van der Waals surface area contributed by atoms with Gasteiger partial charge in [-0.1, -0.05) is 0 Å². The number of nitrogens with two attached hydrogens (primary N) is 1. The molecule has 0 fully saturated rings. The van der Waals surface area contributed by atoms with E-state index in [4.69, 9.17) is 5.73 Å². The molecule has 1 aliphatic heterocycles. The van der Waals surface area contributed by atoms with Crippen LogP contribution in [0.1, 0.15) is 5.56 Å². The Morgan fingerprint density at radius 1 is 1.62 bits per heavy atom. The Labute approximate surface area is 108 Å². The van der Waals surface area contributed by atoms with Crippen molar-refractivity contribution in [1.29, 1.82) is 0 Å². The van der Waals surface area contributed by atoms with Crippen molar-refractivity contribution in [2.75, 3.05) is 23.7 Å². The van der Waals surface area contributed by atoms with E-state index in [1.165, 1.54) is 5.56 Å². The summed E-state index contributed by atoms with van der Waals surface area (Å²) in [7, 11) is 0. The zero-order chi connectivity index (χ0) is 11.7.